The lowest BCUT2D eigenvalue weighted by atomic mass is 10.1. The third kappa shape index (κ3) is 4.23. The second-order valence-electron chi connectivity index (χ2n) is 9.57. The van der Waals surface area contributed by atoms with Crippen LogP contribution in [-0.4, -0.2) is 27.0 Å². The number of thiazole rings is 1. The van der Waals surface area contributed by atoms with Crippen LogP contribution in [0.4, 0.5) is 0 Å². The molecule has 0 N–H and O–H groups in total. The van der Waals surface area contributed by atoms with Crippen molar-refractivity contribution in [2.45, 2.75) is 0 Å². The van der Waals surface area contributed by atoms with Crippen LogP contribution < -0.4 is 10.1 Å². The van der Waals surface area contributed by atoms with Crippen LogP contribution in [-0.2, 0) is 4.74 Å². The Morgan fingerprint density at radius 3 is 2.20 bits per heavy atom. The van der Waals surface area contributed by atoms with Crippen molar-refractivity contribution in [3.8, 4) is 28.2 Å². The second kappa shape index (κ2) is 10.0. The van der Waals surface area contributed by atoms with Gasteiger partial charge in [0.15, 0.2) is 4.96 Å². The molecule has 0 atom stereocenters. The minimum atomic E-state index is -0.386. The summed E-state index contributed by atoms with van der Waals surface area (Å²) in [6.07, 6.45) is 1.96. The summed E-state index contributed by atoms with van der Waals surface area (Å²) in [7, 11) is 1.38. The molecule has 4 aromatic carbocycles. The highest BCUT2D eigenvalue weighted by atomic mass is 32.1. The Morgan fingerprint density at radius 2 is 1.49 bits per heavy atom. The highest BCUT2D eigenvalue weighted by Crippen LogP contribution is 2.36. The summed E-state index contributed by atoms with van der Waals surface area (Å²) in [5, 5.41) is 0. The number of carbonyl (C=O) groups excluding carboxylic acids is 1. The minimum Gasteiger partial charge on any atom is -0.465 e. The molecule has 3 heterocycles. The predicted octanol–water partition coefficient (Wildman–Crippen LogP) is 6.37. The van der Waals surface area contributed by atoms with Crippen LogP contribution >= 0.6 is 11.3 Å². The number of benzene rings is 4. The molecule has 6 nitrogen and oxygen atoms in total. The molecule has 0 aliphatic heterocycles. The number of carbonyl (C=O) groups is 1. The molecule has 0 fully saturated rings. The van der Waals surface area contributed by atoms with Crippen LogP contribution in [0.5, 0.6) is 0 Å². The van der Waals surface area contributed by atoms with E-state index in [1.807, 2.05) is 78.9 Å². The molecule has 198 valence electrons. The van der Waals surface area contributed by atoms with Gasteiger partial charge >= 0.3 is 5.97 Å². The molecule has 0 saturated heterocycles. The van der Waals surface area contributed by atoms with Crippen molar-refractivity contribution in [3.05, 3.63) is 141 Å². The molecule has 0 spiro atoms. The number of para-hydroxylation sites is 2. The van der Waals surface area contributed by atoms with Gasteiger partial charge in [0.05, 0.1) is 39.6 Å². The first-order valence-corrected chi connectivity index (χ1v) is 13.9. The van der Waals surface area contributed by atoms with E-state index in [1.165, 1.54) is 18.4 Å². The van der Waals surface area contributed by atoms with E-state index in [9.17, 15) is 9.59 Å². The Morgan fingerprint density at radius 1 is 0.829 bits per heavy atom. The lowest BCUT2D eigenvalue weighted by Gasteiger charge is -2.15. The summed E-state index contributed by atoms with van der Waals surface area (Å²) in [4.78, 5) is 31.2. The molecule has 0 bridgehead atoms. The average molecular weight is 554 g/mol. The largest absolute Gasteiger partial charge is 0.465 e. The monoisotopic (exact) mass is 553 g/mol. The van der Waals surface area contributed by atoms with E-state index in [1.54, 1.807) is 16.5 Å². The van der Waals surface area contributed by atoms with Crippen LogP contribution in [0, 0.1) is 0 Å². The maximum absolute atomic E-state index is 13.7. The molecule has 0 unspecified atom stereocenters. The third-order valence-corrected chi connectivity index (χ3v) is 8.09. The third-order valence-electron chi connectivity index (χ3n) is 7.13. The summed E-state index contributed by atoms with van der Waals surface area (Å²) < 4.78 is 9.38. The molecule has 0 aliphatic carbocycles. The Balaban J connectivity index is 1.53. The zero-order valence-corrected chi connectivity index (χ0v) is 22.8. The number of rotatable bonds is 5. The standard InChI is InChI=1S/C34H23N3O3S/c1-40-33(39)24-16-18-26(19-17-24)36-29(22-10-4-2-5-11-22)20-25(31(36)23-12-6-3-7-13-23)21-30-32(38)37-28-15-9-8-14-27(28)35-34(37)41-30/h2-21H,1H3. The Kier molecular flexibility index (Phi) is 6.06. The van der Waals surface area contributed by atoms with E-state index in [0.29, 0.717) is 15.1 Å². The van der Waals surface area contributed by atoms with Gasteiger partial charge in [-0.3, -0.25) is 4.79 Å². The average Bonchev–Trinajstić information content (AvgIpc) is 3.68. The molecule has 0 amide bonds. The number of hydrogen-bond acceptors (Lipinski definition) is 5. The van der Waals surface area contributed by atoms with Gasteiger partial charge in [0, 0.05) is 11.3 Å². The molecular formula is C34H23N3O3S. The van der Waals surface area contributed by atoms with Crippen LogP contribution in [0.3, 0.4) is 0 Å². The van der Waals surface area contributed by atoms with Gasteiger partial charge < -0.3 is 9.30 Å². The first kappa shape index (κ1) is 24.7. The quantitative estimate of drug-likeness (QED) is 0.233. The fraction of sp³-hybridized carbons (Fsp3) is 0.0294. The number of methoxy groups -OCH3 is 1. The minimum absolute atomic E-state index is 0.0887. The molecule has 0 aliphatic rings. The molecule has 7 rings (SSSR count). The van der Waals surface area contributed by atoms with Crippen molar-refractivity contribution in [2.24, 2.45) is 0 Å². The number of esters is 1. The molecule has 7 heteroatoms. The zero-order valence-electron chi connectivity index (χ0n) is 22.0. The first-order chi connectivity index (χ1) is 20.1. The van der Waals surface area contributed by atoms with Crippen molar-refractivity contribution in [3.63, 3.8) is 0 Å². The predicted molar refractivity (Wildman–Crippen MR) is 164 cm³/mol. The van der Waals surface area contributed by atoms with Gasteiger partial charge in [0.25, 0.3) is 5.56 Å². The molecule has 0 radical (unpaired) electrons. The topological polar surface area (TPSA) is 65.6 Å². The lowest BCUT2D eigenvalue weighted by molar-refractivity contribution is 0.0600. The van der Waals surface area contributed by atoms with Gasteiger partial charge in [0.1, 0.15) is 0 Å². The van der Waals surface area contributed by atoms with E-state index < -0.39 is 0 Å². The maximum Gasteiger partial charge on any atom is 0.337 e. The van der Waals surface area contributed by atoms with Gasteiger partial charge in [-0.05, 0) is 59.7 Å². The SMILES string of the molecule is COC(=O)c1ccc(-n2c(-c3ccccc3)cc(C=c3sc4nc5ccccc5n4c3=O)c2-c2ccccc2)cc1. The molecular weight excluding hydrogens is 530 g/mol. The number of hydrogen-bond donors (Lipinski definition) is 0. The Labute approximate surface area is 239 Å². The van der Waals surface area contributed by atoms with E-state index in [2.05, 4.69) is 39.9 Å². The molecule has 0 saturated carbocycles. The van der Waals surface area contributed by atoms with Crippen molar-refractivity contribution < 1.29 is 9.53 Å². The Hall–Kier alpha value is -5.27. The lowest BCUT2D eigenvalue weighted by Crippen LogP contribution is -2.22. The normalized spacial score (nSPS) is 11.9. The van der Waals surface area contributed by atoms with Crippen LogP contribution in [0.15, 0.2) is 120 Å². The van der Waals surface area contributed by atoms with Gasteiger partial charge in [-0.25, -0.2) is 14.2 Å². The number of imidazole rings is 1. The highest BCUT2D eigenvalue weighted by molar-refractivity contribution is 7.15. The fourth-order valence-electron chi connectivity index (χ4n) is 5.24. The van der Waals surface area contributed by atoms with Crippen LogP contribution in [0.25, 0.3) is 50.3 Å². The first-order valence-electron chi connectivity index (χ1n) is 13.1. The molecule has 41 heavy (non-hydrogen) atoms. The second-order valence-corrected chi connectivity index (χ2v) is 10.6. The Bertz CT molecular complexity index is 2160. The van der Waals surface area contributed by atoms with Crippen LogP contribution in [0.1, 0.15) is 15.9 Å². The number of nitrogens with zero attached hydrogens (tertiary/aromatic N) is 3. The van der Waals surface area contributed by atoms with Crippen molar-refractivity contribution in [1.82, 2.24) is 14.0 Å². The summed E-state index contributed by atoms with van der Waals surface area (Å²) in [6.45, 7) is 0. The van der Waals surface area contributed by atoms with Gasteiger partial charge in [-0.15, -0.1) is 0 Å². The number of ether oxygens (including phenoxy) is 1. The summed E-state index contributed by atoms with van der Waals surface area (Å²) in [5.41, 5.74) is 7.69. The van der Waals surface area contributed by atoms with E-state index in [-0.39, 0.29) is 11.5 Å². The number of fused-ring (bicyclic) bond motifs is 3. The summed E-state index contributed by atoms with van der Waals surface area (Å²) in [6, 6.07) is 37.4. The summed E-state index contributed by atoms with van der Waals surface area (Å²) in [5.74, 6) is -0.386. The maximum atomic E-state index is 13.7. The number of aromatic nitrogens is 3. The van der Waals surface area contributed by atoms with Crippen molar-refractivity contribution in [2.75, 3.05) is 7.11 Å². The van der Waals surface area contributed by atoms with Gasteiger partial charge in [-0.1, -0.05) is 84.1 Å². The van der Waals surface area contributed by atoms with E-state index in [0.717, 1.165) is 44.8 Å². The fourth-order valence-corrected chi connectivity index (χ4v) is 6.22. The van der Waals surface area contributed by atoms with Gasteiger partial charge in [-0.2, -0.15) is 0 Å². The van der Waals surface area contributed by atoms with E-state index >= 15 is 0 Å². The van der Waals surface area contributed by atoms with Crippen molar-refractivity contribution >= 4 is 39.4 Å². The summed E-state index contributed by atoms with van der Waals surface area (Å²) >= 11 is 1.39. The van der Waals surface area contributed by atoms with Crippen molar-refractivity contribution in [1.29, 1.82) is 0 Å². The zero-order chi connectivity index (χ0) is 27.9. The van der Waals surface area contributed by atoms with E-state index in [4.69, 9.17) is 4.74 Å². The van der Waals surface area contributed by atoms with Crippen LogP contribution in [0.2, 0.25) is 0 Å². The molecule has 3 aromatic heterocycles. The molecule has 7 aromatic rings. The smallest absolute Gasteiger partial charge is 0.337 e. The van der Waals surface area contributed by atoms with Gasteiger partial charge in [0.2, 0.25) is 0 Å². The highest BCUT2D eigenvalue weighted by Gasteiger charge is 2.20.